The second kappa shape index (κ2) is 7.21. The highest BCUT2D eigenvalue weighted by atomic mass is 35.5. The van der Waals surface area contributed by atoms with Gasteiger partial charge in [-0.2, -0.15) is 0 Å². The van der Waals surface area contributed by atoms with Gasteiger partial charge in [0, 0.05) is 25.2 Å². The van der Waals surface area contributed by atoms with Crippen molar-refractivity contribution in [2.45, 2.75) is 6.54 Å². The first-order valence-electron chi connectivity index (χ1n) is 5.94. The monoisotopic (exact) mass is 286 g/mol. The fraction of sp³-hybridized carbons (Fsp3) is 0.462. The normalized spacial score (nSPS) is 14.0. The molecule has 1 aromatic carbocycles. The lowest BCUT2D eigenvalue weighted by molar-refractivity contribution is -0.126. The van der Waals surface area contributed by atoms with Crippen LogP contribution in [-0.2, 0) is 11.3 Å². The van der Waals surface area contributed by atoms with Gasteiger partial charge in [0.1, 0.15) is 11.5 Å². The molecule has 6 heteroatoms. The van der Waals surface area contributed by atoms with Crippen molar-refractivity contribution in [3.05, 3.63) is 23.8 Å². The van der Waals surface area contributed by atoms with Crippen LogP contribution in [0.15, 0.2) is 18.2 Å². The molecule has 1 fully saturated rings. The predicted molar refractivity (Wildman–Crippen MR) is 75.0 cm³/mol. The standard InChI is InChI=1S/C13H18N2O3.ClH/c1-17-11-3-4-12(18-2)9(5-11)8-15-13(16)10-6-14-7-10;/h3-5,10,14H,6-8H2,1-2H3,(H,15,16);1H. The van der Waals surface area contributed by atoms with Gasteiger partial charge in [-0.3, -0.25) is 4.79 Å². The maximum Gasteiger partial charge on any atom is 0.225 e. The van der Waals surface area contributed by atoms with E-state index in [1.54, 1.807) is 14.2 Å². The van der Waals surface area contributed by atoms with Crippen molar-refractivity contribution in [1.82, 2.24) is 10.6 Å². The summed E-state index contributed by atoms with van der Waals surface area (Å²) in [6, 6.07) is 5.55. The molecule has 0 aliphatic carbocycles. The van der Waals surface area contributed by atoms with E-state index >= 15 is 0 Å². The van der Waals surface area contributed by atoms with Crippen molar-refractivity contribution in [3.63, 3.8) is 0 Å². The molecule has 0 unspecified atom stereocenters. The summed E-state index contributed by atoms with van der Waals surface area (Å²) in [4.78, 5) is 11.7. The van der Waals surface area contributed by atoms with Crippen LogP contribution in [0.2, 0.25) is 0 Å². The average Bonchev–Trinajstić information content (AvgIpc) is 2.33. The number of rotatable bonds is 5. The molecule has 1 amide bonds. The number of halogens is 1. The van der Waals surface area contributed by atoms with Crippen LogP contribution in [0.1, 0.15) is 5.56 Å². The van der Waals surface area contributed by atoms with Crippen LogP contribution < -0.4 is 20.1 Å². The third-order valence-electron chi connectivity index (χ3n) is 3.09. The summed E-state index contributed by atoms with van der Waals surface area (Å²) in [5.41, 5.74) is 0.914. The molecule has 2 N–H and O–H groups in total. The van der Waals surface area contributed by atoms with Crippen molar-refractivity contribution < 1.29 is 14.3 Å². The number of carbonyl (C=O) groups excluding carboxylic acids is 1. The average molecular weight is 287 g/mol. The van der Waals surface area contributed by atoms with Crippen molar-refractivity contribution in [3.8, 4) is 11.5 Å². The molecule has 0 radical (unpaired) electrons. The lowest BCUT2D eigenvalue weighted by atomic mass is 10.0. The molecular weight excluding hydrogens is 268 g/mol. The molecule has 1 saturated heterocycles. The predicted octanol–water partition coefficient (Wildman–Crippen LogP) is 0.961. The van der Waals surface area contributed by atoms with Crippen LogP contribution in [0.25, 0.3) is 0 Å². The highest BCUT2D eigenvalue weighted by Crippen LogP contribution is 2.23. The van der Waals surface area contributed by atoms with Gasteiger partial charge in [0.2, 0.25) is 5.91 Å². The molecule has 0 aromatic heterocycles. The Morgan fingerprint density at radius 2 is 2.11 bits per heavy atom. The minimum absolute atomic E-state index is 0. The van der Waals surface area contributed by atoms with Gasteiger partial charge in [-0.05, 0) is 18.2 Å². The maximum absolute atomic E-state index is 11.7. The molecule has 0 atom stereocenters. The van der Waals surface area contributed by atoms with E-state index in [4.69, 9.17) is 9.47 Å². The van der Waals surface area contributed by atoms with Gasteiger partial charge in [0.15, 0.2) is 0 Å². The summed E-state index contributed by atoms with van der Waals surface area (Å²) < 4.78 is 10.4. The Morgan fingerprint density at radius 1 is 1.37 bits per heavy atom. The molecule has 19 heavy (non-hydrogen) atoms. The molecule has 1 aliphatic heterocycles. The summed E-state index contributed by atoms with van der Waals surface area (Å²) in [7, 11) is 3.23. The van der Waals surface area contributed by atoms with Crippen LogP contribution in [0.4, 0.5) is 0 Å². The highest BCUT2D eigenvalue weighted by molar-refractivity contribution is 5.85. The Balaban J connectivity index is 0.00000180. The molecule has 1 aromatic rings. The van der Waals surface area contributed by atoms with E-state index < -0.39 is 0 Å². The minimum Gasteiger partial charge on any atom is -0.497 e. The second-order valence-corrected chi connectivity index (χ2v) is 4.25. The van der Waals surface area contributed by atoms with Crippen LogP contribution in [0.3, 0.4) is 0 Å². The Bertz CT molecular complexity index is 436. The fourth-order valence-corrected chi connectivity index (χ4v) is 1.82. The van der Waals surface area contributed by atoms with E-state index in [1.165, 1.54) is 0 Å². The SMILES string of the molecule is COc1ccc(OC)c(CNC(=O)C2CNC2)c1.Cl. The molecule has 5 nitrogen and oxygen atoms in total. The number of hydrogen-bond donors (Lipinski definition) is 2. The summed E-state index contributed by atoms with van der Waals surface area (Å²) in [5.74, 6) is 1.69. The minimum atomic E-state index is 0. The number of amides is 1. The van der Waals surface area contributed by atoms with Gasteiger partial charge < -0.3 is 20.1 Å². The highest BCUT2D eigenvalue weighted by Gasteiger charge is 2.24. The first kappa shape index (κ1) is 15.6. The van der Waals surface area contributed by atoms with E-state index in [0.29, 0.717) is 6.54 Å². The van der Waals surface area contributed by atoms with Gasteiger partial charge in [-0.25, -0.2) is 0 Å². The summed E-state index contributed by atoms with van der Waals surface area (Å²) in [6.45, 7) is 1.98. The molecule has 1 heterocycles. The van der Waals surface area contributed by atoms with Gasteiger partial charge in [0.05, 0.1) is 20.1 Å². The smallest absolute Gasteiger partial charge is 0.225 e. The first-order valence-corrected chi connectivity index (χ1v) is 5.94. The number of carbonyl (C=O) groups is 1. The third-order valence-corrected chi connectivity index (χ3v) is 3.09. The Labute approximate surface area is 119 Å². The largest absolute Gasteiger partial charge is 0.497 e. The topological polar surface area (TPSA) is 59.6 Å². The van der Waals surface area contributed by atoms with Gasteiger partial charge >= 0.3 is 0 Å². The first-order chi connectivity index (χ1) is 8.74. The molecular formula is C13H19ClN2O3. The Hall–Kier alpha value is -1.46. The maximum atomic E-state index is 11.7. The van der Waals surface area contributed by atoms with Crippen LogP contribution in [0.5, 0.6) is 11.5 Å². The van der Waals surface area contributed by atoms with Crippen LogP contribution >= 0.6 is 12.4 Å². The lowest BCUT2D eigenvalue weighted by Gasteiger charge is -2.25. The zero-order chi connectivity index (χ0) is 13.0. The third kappa shape index (κ3) is 3.75. The fourth-order valence-electron chi connectivity index (χ4n) is 1.82. The molecule has 0 spiro atoms. The zero-order valence-corrected chi connectivity index (χ0v) is 11.9. The van der Waals surface area contributed by atoms with Crippen molar-refractivity contribution in [1.29, 1.82) is 0 Å². The van der Waals surface area contributed by atoms with Crippen LogP contribution in [-0.4, -0.2) is 33.2 Å². The molecule has 0 bridgehead atoms. The Morgan fingerprint density at radius 3 is 2.63 bits per heavy atom. The van der Waals surface area contributed by atoms with Crippen molar-refractivity contribution in [2.24, 2.45) is 5.92 Å². The van der Waals surface area contributed by atoms with E-state index in [9.17, 15) is 4.79 Å². The second-order valence-electron chi connectivity index (χ2n) is 4.25. The van der Waals surface area contributed by atoms with Gasteiger partial charge in [-0.15, -0.1) is 12.4 Å². The summed E-state index contributed by atoms with van der Waals surface area (Å²) in [6.07, 6.45) is 0. The summed E-state index contributed by atoms with van der Waals surface area (Å²) in [5, 5.41) is 5.99. The quantitative estimate of drug-likeness (QED) is 0.846. The zero-order valence-electron chi connectivity index (χ0n) is 11.1. The van der Waals surface area contributed by atoms with Gasteiger partial charge in [-0.1, -0.05) is 0 Å². The van der Waals surface area contributed by atoms with E-state index in [1.807, 2.05) is 18.2 Å². The molecule has 106 valence electrons. The van der Waals surface area contributed by atoms with Crippen molar-refractivity contribution in [2.75, 3.05) is 27.3 Å². The van der Waals surface area contributed by atoms with Gasteiger partial charge in [0.25, 0.3) is 0 Å². The number of ether oxygens (including phenoxy) is 2. The van der Waals surface area contributed by atoms with Crippen LogP contribution in [0, 0.1) is 5.92 Å². The van der Waals surface area contributed by atoms with E-state index in [0.717, 1.165) is 30.2 Å². The van der Waals surface area contributed by atoms with E-state index in [-0.39, 0.29) is 24.2 Å². The molecule has 2 rings (SSSR count). The van der Waals surface area contributed by atoms with E-state index in [2.05, 4.69) is 10.6 Å². The number of hydrogen-bond acceptors (Lipinski definition) is 4. The number of nitrogens with one attached hydrogen (secondary N) is 2. The number of benzene rings is 1. The molecule has 1 aliphatic rings. The summed E-state index contributed by atoms with van der Waals surface area (Å²) >= 11 is 0. The molecule has 0 saturated carbocycles. The Kier molecular flexibility index (Phi) is 5.92. The van der Waals surface area contributed by atoms with Crippen molar-refractivity contribution >= 4 is 18.3 Å². The number of methoxy groups -OCH3 is 2. The lowest BCUT2D eigenvalue weighted by Crippen LogP contribution is -2.50.